The molecular formula is C31H31FN6OS. The van der Waals surface area contributed by atoms with Gasteiger partial charge in [0.25, 0.3) is 0 Å². The second-order valence-corrected chi connectivity index (χ2v) is 11.6. The number of likely N-dealkylation sites (tertiary alicyclic amines) is 1. The number of anilines is 2. The molecule has 0 spiro atoms. The van der Waals surface area contributed by atoms with Gasteiger partial charge < -0.3 is 15.0 Å². The first kappa shape index (κ1) is 25.2. The van der Waals surface area contributed by atoms with Crippen LogP contribution in [-0.2, 0) is 26.0 Å². The standard InChI is InChI=1S/C31H31FN6OS/c1-20-15-23(7-10-27(20)39-18-21-5-4-6-22(32)16-21)36-30-28-24-8-9-26-25(29(24)40-31(28)34-19-33-30)17-35-38(26)14-13-37-11-2-3-12-37/h4-7,10,15-17,19H,2-3,8-9,11-14,18H2,1H3,(H,33,34,36). The van der Waals surface area contributed by atoms with Crippen LogP contribution in [0.3, 0.4) is 0 Å². The zero-order valence-electron chi connectivity index (χ0n) is 22.5. The SMILES string of the molecule is Cc1cc(Nc2ncnc3sc4c(c23)CCc2c-4cnn2CCN2CCCC2)ccc1OCc1cccc(F)c1. The Labute approximate surface area is 236 Å². The van der Waals surface area contributed by atoms with Gasteiger partial charge in [0, 0.05) is 28.4 Å². The van der Waals surface area contributed by atoms with Gasteiger partial charge in [0.2, 0.25) is 0 Å². The summed E-state index contributed by atoms with van der Waals surface area (Å²) in [6.45, 7) is 6.77. The minimum Gasteiger partial charge on any atom is -0.489 e. The summed E-state index contributed by atoms with van der Waals surface area (Å²) in [5, 5.41) is 9.43. The fourth-order valence-corrected chi connectivity index (χ4v) is 7.12. The van der Waals surface area contributed by atoms with E-state index in [-0.39, 0.29) is 5.82 Å². The molecule has 2 aromatic carbocycles. The summed E-state index contributed by atoms with van der Waals surface area (Å²) in [6.07, 6.45) is 8.22. The molecule has 4 heterocycles. The van der Waals surface area contributed by atoms with Gasteiger partial charge in [-0.05, 0) is 92.7 Å². The van der Waals surface area contributed by atoms with Gasteiger partial charge in [-0.15, -0.1) is 11.3 Å². The van der Waals surface area contributed by atoms with E-state index < -0.39 is 0 Å². The van der Waals surface area contributed by atoms with Crippen molar-refractivity contribution in [3.63, 3.8) is 0 Å². The summed E-state index contributed by atoms with van der Waals surface area (Å²) < 4.78 is 21.7. The molecule has 1 aliphatic carbocycles. The average molecular weight is 555 g/mol. The maximum absolute atomic E-state index is 13.5. The molecule has 7 rings (SSSR count). The van der Waals surface area contributed by atoms with Crippen molar-refractivity contribution in [1.29, 1.82) is 0 Å². The van der Waals surface area contributed by atoms with Gasteiger partial charge in [-0.2, -0.15) is 5.10 Å². The molecule has 1 fully saturated rings. The van der Waals surface area contributed by atoms with Crippen LogP contribution in [0.4, 0.5) is 15.9 Å². The van der Waals surface area contributed by atoms with Crippen LogP contribution in [0.15, 0.2) is 55.0 Å². The van der Waals surface area contributed by atoms with E-state index in [9.17, 15) is 4.39 Å². The molecule has 1 aliphatic heterocycles. The van der Waals surface area contributed by atoms with Crippen LogP contribution in [0.5, 0.6) is 5.75 Å². The first-order valence-electron chi connectivity index (χ1n) is 13.9. The molecule has 2 aliphatic rings. The summed E-state index contributed by atoms with van der Waals surface area (Å²) in [5.74, 6) is 1.33. The van der Waals surface area contributed by atoms with Gasteiger partial charge in [-0.3, -0.25) is 4.68 Å². The Bertz CT molecular complexity index is 1690. The zero-order valence-corrected chi connectivity index (χ0v) is 23.3. The largest absolute Gasteiger partial charge is 0.489 e. The molecule has 1 saturated heterocycles. The van der Waals surface area contributed by atoms with E-state index in [1.165, 1.54) is 59.8 Å². The molecule has 3 aromatic heterocycles. The Morgan fingerprint density at radius 1 is 1.05 bits per heavy atom. The van der Waals surface area contributed by atoms with Crippen LogP contribution in [0.25, 0.3) is 20.7 Å². The quantitative estimate of drug-likeness (QED) is 0.236. The van der Waals surface area contributed by atoms with E-state index in [0.29, 0.717) is 6.61 Å². The molecule has 40 heavy (non-hydrogen) atoms. The summed E-state index contributed by atoms with van der Waals surface area (Å²) in [7, 11) is 0. The lowest BCUT2D eigenvalue weighted by Crippen LogP contribution is -2.25. The summed E-state index contributed by atoms with van der Waals surface area (Å²) in [5.41, 5.74) is 6.61. The Balaban J connectivity index is 1.11. The number of halogens is 1. The van der Waals surface area contributed by atoms with Gasteiger partial charge in [0.05, 0.1) is 18.1 Å². The number of aryl methyl sites for hydroxylation is 2. The molecule has 1 N–H and O–H groups in total. The molecule has 0 atom stereocenters. The van der Waals surface area contributed by atoms with E-state index in [4.69, 9.17) is 9.84 Å². The fraction of sp³-hybridized carbons (Fsp3) is 0.323. The maximum atomic E-state index is 13.5. The number of benzene rings is 2. The predicted octanol–water partition coefficient (Wildman–Crippen LogP) is 6.52. The first-order chi connectivity index (χ1) is 19.6. The third-order valence-corrected chi connectivity index (χ3v) is 9.11. The van der Waals surface area contributed by atoms with Crippen LogP contribution in [0, 0.1) is 12.7 Å². The maximum Gasteiger partial charge on any atom is 0.142 e. The number of rotatable bonds is 8. The third-order valence-electron chi connectivity index (χ3n) is 7.94. The Hall–Kier alpha value is -3.82. The summed E-state index contributed by atoms with van der Waals surface area (Å²) in [6, 6.07) is 12.5. The fourth-order valence-electron chi connectivity index (χ4n) is 5.90. The van der Waals surface area contributed by atoms with Gasteiger partial charge in [-0.25, -0.2) is 14.4 Å². The number of ether oxygens (including phenoxy) is 1. The molecule has 0 unspecified atom stereocenters. The Morgan fingerprint density at radius 3 is 2.80 bits per heavy atom. The topological polar surface area (TPSA) is 68.1 Å². The van der Waals surface area contributed by atoms with Crippen LogP contribution in [0.2, 0.25) is 0 Å². The molecule has 0 saturated carbocycles. The van der Waals surface area contributed by atoms with Crippen molar-refractivity contribution in [2.24, 2.45) is 0 Å². The highest BCUT2D eigenvalue weighted by Gasteiger charge is 2.27. The molecule has 204 valence electrons. The minimum atomic E-state index is -0.258. The number of hydrogen-bond acceptors (Lipinski definition) is 7. The lowest BCUT2D eigenvalue weighted by Gasteiger charge is -2.18. The van der Waals surface area contributed by atoms with Crippen molar-refractivity contribution < 1.29 is 9.13 Å². The number of thiophene rings is 1. The van der Waals surface area contributed by atoms with Crippen molar-refractivity contribution >= 4 is 33.1 Å². The highest BCUT2D eigenvalue weighted by atomic mass is 32.1. The van der Waals surface area contributed by atoms with E-state index >= 15 is 0 Å². The Kier molecular flexibility index (Phi) is 6.69. The molecular weight excluding hydrogens is 523 g/mol. The summed E-state index contributed by atoms with van der Waals surface area (Å²) in [4.78, 5) is 14.1. The van der Waals surface area contributed by atoms with Crippen LogP contribution >= 0.6 is 11.3 Å². The van der Waals surface area contributed by atoms with Crippen molar-refractivity contribution in [2.75, 3.05) is 25.0 Å². The number of aromatic nitrogens is 4. The van der Waals surface area contributed by atoms with Gasteiger partial charge >= 0.3 is 0 Å². The second kappa shape index (κ2) is 10.6. The molecule has 0 radical (unpaired) electrons. The molecule has 0 amide bonds. The number of hydrogen-bond donors (Lipinski definition) is 1. The highest BCUT2D eigenvalue weighted by molar-refractivity contribution is 7.22. The van der Waals surface area contributed by atoms with E-state index in [1.807, 2.05) is 31.3 Å². The average Bonchev–Trinajstić information content (AvgIpc) is 3.70. The van der Waals surface area contributed by atoms with Gasteiger partial charge in [-0.1, -0.05) is 12.1 Å². The minimum absolute atomic E-state index is 0.258. The van der Waals surface area contributed by atoms with Crippen LogP contribution < -0.4 is 10.1 Å². The second-order valence-electron chi connectivity index (χ2n) is 10.6. The highest BCUT2D eigenvalue weighted by Crippen LogP contribution is 2.45. The van der Waals surface area contributed by atoms with E-state index in [1.54, 1.807) is 23.7 Å². The van der Waals surface area contributed by atoms with Crippen LogP contribution in [0.1, 0.15) is 35.2 Å². The monoisotopic (exact) mass is 554 g/mol. The lowest BCUT2D eigenvalue weighted by atomic mass is 9.95. The number of fused-ring (bicyclic) bond motifs is 5. The lowest BCUT2D eigenvalue weighted by molar-refractivity contribution is 0.303. The first-order valence-corrected chi connectivity index (χ1v) is 14.7. The predicted molar refractivity (Wildman–Crippen MR) is 157 cm³/mol. The van der Waals surface area contributed by atoms with Crippen molar-refractivity contribution in [2.45, 2.75) is 45.8 Å². The number of nitrogens with one attached hydrogen (secondary N) is 1. The van der Waals surface area contributed by atoms with Gasteiger partial charge in [0.1, 0.15) is 35.1 Å². The smallest absolute Gasteiger partial charge is 0.142 e. The zero-order chi connectivity index (χ0) is 27.1. The van der Waals surface area contributed by atoms with Crippen molar-refractivity contribution in [3.8, 4) is 16.2 Å². The summed E-state index contributed by atoms with van der Waals surface area (Å²) >= 11 is 1.73. The Morgan fingerprint density at radius 2 is 1.95 bits per heavy atom. The molecule has 0 bridgehead atoms. The van der Waals surface area contributed by atoms with Crippen molar-refractivity contribution in [3.05, 3.63) is 83.2 Å². The van der Waals surface area contributed by atoms with Crippen LogP contribution in [-0.4, -0.2) is 44.3 Å². The molecule has 7 nitrogen and oxygen atoms in total. The molecule has 5 aromatic rings. The normalized spacial score (nSPS) is 14.8. The number of nitrogens with zero attached hydrogens (tertiary/aromatic N) is 5. The van der Waals surface area contributed by atoms with Gasteiger partial charge in [0.15, 0.2) is 0 Å². The van der Waals surface area contributed by atoms with E-state index in [2.05, 4.69) is 30.9 Å². The third kappa shape index (κ3) is 4.84. The van der Waals surface area contributed by atoms with Crippen molar-refractivity contribution in [1.82, 2.24) is 24.6 Å². The van der Waals surface area contributed by atoms with E-state index in [0.717, 1.165) is 64.5 Å². The molecule has 9 heteroatoms.